The molecule has 0 bridgehead atoms. The third-order valence-corrected chi connectivity index (χ3v) is 4.95. The van der Waals surface area contributed by atoms with Gasteiger partial charge in [0.15, 0.2) is 0 Å². The standard InChI is InChI=1S/C17H23N5OS/c1-13-11-16(21(2)20-13)19-17(23)18-12-14-3-5-15(6-4-14)22-7-9-24-10-8-22/h3-6,11H,7-10,12H2,1-2H3,(H2,18,19,23). The van der Waals surface area contributed by atoms with E-state index in [-0.39, 0.29) is 6.03 Å². The first-order chi connectivity index (χ1) is 11.6. The van der Waals surface area contributed by atoms with Crippen molar-refractivity contribution in [1.29, 1.82) is 0 Å². The van der Waals surface area contributed by atoms with Crippen molar-refractivity contribution in [3.8, 4) is 0 Å². The van der Waals surface area contributed by atoms with Crippen molar-refractivity contribution >= 4 is 29.3 Å². The van der Waals surface area contributed by atoms with Gasteiger partial charge in [-0.05, 0) is 24.6 Å². The highest BCUT2D eigenvalue weighted by Crippen LogP contribution is 2.19. The summed E-state index contributed by atoms with van der Waals surface area (Å²) in [4.78, 5) is 14.4. The number of hydrogen-bond acceptors (Lipinski definition) is 4. The number of carbonyl (C=O) groups is 1. The SMILES string of the molecule is Cc1cc(NC(=O)NCc2ccc(N3CCSCC3)cc2)n(C)n1. The Balaban J connectivity index is 1.50. The fourth-order valence-electron chi connectivity index (χ4n) is 2.72. The quantitative estimate of drug-likeness (QED) is 0.894. The predicted molar refractivity (Wildman–Crippen MR) is 99.8 cm³/mol. The zero-order valence-electron chi connectivity index (χ0n) is 14.1. The maximum atomic E-state index is 12.0. The minimum Gasteiger partial charge on any atom is -0.370 e. The molecule has 128 valence electrons. The second-order valence-electron chi connectivity index (χ2n) is 5.87. The fourth-order valence-corrected chi connectivity index (χ4v) is 3.62. The average Bonchev–Trinajstić information content (AvgIpc) is 2.91. The lowest BCUT2D eigenvalue weighted by atomic mass is 10.2. The van der Waals surface area contributed by atoms with Crippen LogP contribution in [0.4, 0.5) is 16.3 Å². The molecule has 7 heteroatoms. The Morgan fingerprint density at radius 1 is 1.25 bits per heavy atom. The lowest BCUT2D eigenvalue weighted by molar-refractivity contribution is 0.251. The third-order valence-electron chi connectivity index (χ3n) is 4.01. The van der Waals surface area contributed by atoms with Gasteiger partial charge in [0, 0.05) is 49.9 Å². The van der Waals surface area contributed by atoms with Crippen LogP contribution in [0.15, 0.2) is 30.3 Å². The second kappa shape index (κ2) is 7.61. The Hall–Kier alpha value is -2.15. The summed E-state index contributed by atoms with van der Waals surface area (Å²) in [6.07, 6.45) is 0. The number of thioether (sulfide) groups is 1. The van der Waals surface area contributed by atoms with E-state index in [9.17, 15) is 4.79 Å². The van der Waals surface area contributed by atoms with Crippen molar-refractivity contribution < 1.29 is 4.79 Å². The number of nitrogens with zero attached hydrogens (tertiary/aromatic N) is 3. The van der Waals surface area contributed by atoms with Crippen molar-refractivity contribution in [2.45, 2.75) is 13.5 Å². The van der Waals surface area contributed by atoms with E-state index in [0.29, 0.717) is 12.4 Å². The van der Waals surface area contributed by atoms with E-state index < -0.39 is 0 Å². The monoisotopic (exact) mass is 345 g/mol. The van der Waals surface area contributed by atoms with E-state index in [2.05, 4.69) is 44.9 Å². The van der Waals surface area contributed by atoms with Gasteiger partial charge in [0.25, 0.3) is 0 Å². The largest absolute Gasteiger partial charge is 0.370 e. The van der Waals surface area contributed by atoms with Gasteiger partial charge in [0.05, 0.1) is 5.69 Å². The minimum atomic E-state index is -0.227. The van der Waals surface area contributed by atoms with Gasteiger partial charge in [-0.25, -0.2) is 4.79 Å². The van der Waals surface area contributed by atoms with Gasteiger partial charge in [-0.15, -0.1) is 0 Å². The topological polar surface area (TPSA) is 62.2 Å². The van der Waals surface area contributed by atoms with E-state index in [1.807, 2.05) is 24.8 Å². The van der Waals surface area contributed by atoms with E-state index >= 15 is 0 Å². The molecule has 2 amide bonds. The highest BCUT2D eigenvalue weighted by Gasteiger charge is 2.11. The van der Waals surface area contributed by atoms with Crippen LogP contribution in [0.5, 0.6) is 0 Å². The van der Waals surface area contributed by atoms with Gasteiger partial charge in [-0.1, -0.05) is 12.1 Å². The number of rotatable bonds is 4. The van der Waals surface area contributed by atoms with Crippen LogP contribution < -0.4 is 15.5 Å². The van der Waals surface area contributed by atoms with E-state index in [1.54, 1.807) is 11.7 Å². The highest BCUT2D eigenvalue weighted by atomic mass is 32.2. The van der Waals surface area contributed by atoms with Crippen molar-refractivity contribution in [2.24, 2.45) is 7.05 Å². The summed E-state index contributed by atoms with van der Waals surface area (Å²) >= 11 is 2.01. The Kier molecular flexibility index (Phi) is 5.30. The molecule has 1 aromatic carbocycles. The first-order valence-electron chi connectivity index (χ1n) is 8.09. The molecule has 24 heavy (non-hydrogen) atoms. The summed E-state index contributed by atoms with van der Waals surface area (Å²) in [7, 11) is 1.81. The van der Waals surface area contributed by atoms with Gasteiger partial charge < -0.3 is 10.2 Å². The van der Waals surface area contributed by atoms with E-state index in [4.69, 9.17) is 0 Å². The normalized spacial score (nSPS) is 14.5. The Morgan fingerprint density at radius 3 is 2.58 bits per heavy atom. The summed E-state index contributed by atoms with van der Waals surface area (Å²) in [5.74, 6) is 3.07. The van der Waals surface area contributed by atoms with Crippen molar-refractivity contribution in [3.05, 3.63) is 41.6 Å². The van der Waals surface area contributed by atoms with Crippen LogP contribution in [0.2, 0.25) is 0 Å². The lowest BCUT2D eigenvalue weighted by Gasteiger charge is -2.28. The zero-order chi connectivity index (χ0) is 16.9. The lowest BCUT2D eigenvalue weighted by Crippen LogP contribution is -2.32. The molecule has 6 nitrogen and oxygen atoms in total. The molecular weight excluding hydrogens is 322 g/mol. The Morgan fingerprint density at radius 2 is 1.96 bits per heavy atom. The first kappa shape index (κ1) is 16.7. The molecule has 0 aliphatic carbocycles. The van der Waals surface area contributed by atoms with E-state index in [0.717, 1.165) is 24.3 Å². The molecule has 0 unspecified atom stereocenters. The fraction of sp³-hybridized carbons (Fsp3) is 0.412. The molecule has 2 N–H and O–H groups in total. The zero-order valence-corrected chi connectivity index (χ0v) is 14.9. The van der Waals surface area contributed by atoms with Crippen molar-refractivity contribution in [1.82, 2.24) is 15.1 Å². The van der Waals surface area contributed by atoms with Gasteiger partial charge >= 0.3 is 6.03 Å². The molecule has 0 saturated carbocycles. The second-order valence-corrected chi connectivity index (χ2v) is 7.09. The molecule has 3 rings (SSSR count). The van der Waals surface area contributed by atoms with Crippen LogP contribution in [-0.2, 0) is 13.6 Å². The van der Waals surface area contributed by atoms with Crippen LogP contribution in [0, 0.1) is 6.92 Å². The van der Waals surface area contributed by atoms with Gasteiger partial charge in [-0.2, -0.15) is 16.9 Å². The summed E-state index contributed by atoms with van der Waals surface area (Å²) in [6.45, 7) is 4.61. The highest BCUT2D eigenvalue weighted by molar-refractivity contribution is 7.99. The van der Waals surface area contributed by atoms with Crippen molar-refractivity contribution in [2.75, 3.05) is 34.8 Å². The predicted octanol–water partition coefficient (Wildman–Crippen LogP) is 2.60. The van der Waals surface area contributed by atoms with Gasteiger partial charge in [-0.3, -0.25) is 10.00 Å². The smallest absolute Gasteiger partial charge is 0.320 e. The molecule has 0 spiro atoms. The Labute approximate surface area is 146 Å². The number of aromatic nitrogens is 2. The molecule has 2 heterocycles. The molecule has 1 aliphatic heterocycles. The number of urea groups is 1. The molecule has 1 saturated heterocycles. The van der Waals surface area contributed by atoms with Crippen LogP contribution in [-0.4, -0.2) is 40.4 Å². The van der Waals surface area contributed by atoms with Gasteiger partial charge in [0.1, 0.15) is 5.82 Å². The summed E-state index contributed by atoms with van der Waals surface area (Å²) < 4.78 is 1.65. The molecule has 1 aromatic heterocycles. The van der Waals surface area contributed by atoms with Crippen LogP contribution in [0.3, 0.4) is 0 Å². The third kappa shape index (κ3) is 4.23. The van der Waals surface area contributed by atoms with Gasteiger partial charge in [0.2, 0.25) is 0 Å². The average molecular weight is 345 g/mol. The number of benzene rings is 1. The maximum Gasteiger partial charge on any atom is 0.320 e. The number of nitrogens with one attached hydrogen (secondary N) is 2. The number of amides is 2. The molecule has 1 fully saturated rings. The Bertz CT molecular complexity index is 692. The minimum absolute atomic E-state index is 0.227. The van der Waals surface area contributed by atoms with Crippen LogP contribution >= 0.6 is 11.8 Å². The molecule has 2 aromatic rings. The van der Waals surface area contributed by atoms with Crippen LogP contribution in [0.25, 0.3) is 0 Å². The summed E-state index contributed by atoms with van der Waals surface area (Å²) in [5.41, 5.74) is 3.22. The number of aryl methyl sites for hydroxylation is 2. The molecular formula is C17H23N5OS. The number of hydrogen-bond donors (Lipinski definition) is 2. The summed E-state index contributed by atoms with van der Waals surface area (Å²) in [6, 6.07) is 10.0. The number of anilines is 2. The first-order valence-corrected chi connectivity index (χ1v) is 9.24. The maximum absolute atomic E-state index is 12.0. The van der Waals surface area contributed by atoms with Crippen LogP contribution in [0.1, 0.15) is 11.3 Å². The summed E-state index contributed by atoms with van der Waals surface area (Å²) in [5, 5.41) is 9.88. The molecule has 0 radical (unpaired) electrons. The van der Waals surface area contributed by atoms with E-state index in [1.165, 1.54) is 17.2 Å². The van der Waals surface area contributed by atoms with Crippen molar-refractivity contribution in [3.63, 3.8) is 0 Å². The molecule has 0 atom stereocenters. The molecule has 1 aliphatic rings. The number of carbonyl (C=O) groups excluding carboxylic acids is 1.